The smallest absolute Gasteiger partial charge is 0.301 e. The molecule has 1 saturated heterocycles. The van der Waals surface area contributed by atoms with E-state index in [2.05, 4.69) is 20.9 Å². The van der Waals surface area contributed by atoms with Gasteiger partial charge in [0.15, 0.2) is 5.13 Å². The average molecular weight is 582 g/mol. The van der Waals surface area contributed by atoms with Crippen molar-refractivity contribution in [1.29, 1.82) is 0 Å². The van der Waals surface area contributed by atoms with E-state index in [4.69, 9.17) is 16.3 Å². The average Bonchev–Trinajstić information content (AvgIpc) is 3.50. The molecule has 1 fully saturated rings. The molecule has 3 heterocycles. The van der Waals surface area contributed by atoms with E-state index in [1.807, 2.05) is 37.3 Å². The molecule has 0 bridgehead atoms. The number of nitrogens with zero attached hydrogens (tertiary/aromatic N) is 2. The first kappa shape index (κ1) is 23.2. The molecular weight excluding hydrogens is 564 g/mol. The molecule has 9 heteroatoms. The molecule has 1 amide bonds. The minimum Gasteiger partial charge on any atom is -0.507 e. The lowest BCUT2D eigenvalue weighted by Crippen LogP contribution is -2.29. The Morgan fingerprint density at radius 3 is 2.81 bits per heavy atom. The molecular formula is C27H18BrClN2O4S. The van der Waals surface area contributed by atoms with Crippen LogP contribution in [-0.2, 0) is 16.0 Å². The number of ketones is 1. The highest BCUT2D eigenvalue weighted by molar-refractivity contribution is 9.10. The predicted octanol–water partition coefficient (Wildman–Crippen LogP) is 6.66. The largest absolute Gasteiger partial charge is 0.507 e. The molecule has 2 aliphatic rings. The third-order valence-electron chi connectivity index (χ3n) is 6.32. The summed E-state index contributed by atoms with van der Waals surface area (Å²) in [4.78, 5) is 32.9. The summed E-state index contributed by atoms with van der Waals surface area (Å²) in [6.45, 7) is 1.98. The van der Waals surface area contributed by atoms with E-state index in [-0.39, 0.29) is 17.4 Å². The number of thiazole rings is 1. The van der Waals surface area contributed by atoms with Crippen LogP contribution >= 0.6 is 38.9 Å². The molecule has 3 aromatic carbocycles. The summed E-state index contributed by atoms with van der Waals surface area (Å²) < 4.78 is 7.35. The first-order valence-electron chi connectivity index (χ1n) is 11.2. The van der Waals surface area contributed by atoms with Crippen LogP contribution in [0.1, 0.15) is 29.7 Å². The van der Waals surface area contributed by atoms with E-state index in [1.165, 1.54) is 16.2 Å². The second-order valence-electron chi connectivity index (χ2n) is 8.79. The number of aliphatic hydroxyl groups excluding tert-OH is 1. The quantitative estimate of drug-likeness (QED) is 0.166. The minimum absolute atomic E-state index is 0.0160. The van der Waals surface area contributed by atoms with Crippen molar-refractivity contribution < 1.29 is 19.4 Å². The summed E-state index contributed by atoms with van der Waals surface area (Å²) in [5.74, 6) is -0.979. The van der Waals surface area contributed by atoms with E-state index in [9.17, 15) is 14.7 Å². The molecule has 0 radical (unpaired) electrons. The lowest BCUT2D eigenvalue weighted by Gasteiger charge is -2.23. The first-order valence-corrected chi connectivity index (χ1v) is 13.2. The maximum absolute atomic E-state index is 13.4. The van der Waals surface area contributed by atoms with Gasteiger partial charge < -0.3 is 9.84 Å². The van der Waals surface area contributed by atoms with Crippen molar-refractivity contribution in [2.45, 2.75) is 25.5 Å². The van der Waals surface area contributed by atoms with Crippen LogP contribution in [0.25, 0.3) is 16.0 Å². The van der Waals surface area contributed by atoms with Crippen LogP contribution in [0, 0.1) is 0 Å². The predicted molar refractivity (Wildman–Crippen MR) is 144 cm³/mol. The van der Waals surface area contributed by atoms with Crippen molar-refractivity contribution >= 4 is 71.7 Å². The van der Waals surface area contributed by atoms with Crippen molar-refractivity contribution in [2.75, 3.05) is 4.90 Å². The van der Waals surface area contributed by atoms with Gasteiger partial charge in [0.2, 0.25) is 0 Å². The number of aromatic nitrogens is 1. The third-order valence-corrected chi connectivity index (χ3v) is 8.07. The van der Waals surface area contributed by atoms with Gasteiger partial charge in [0, 0.05) is 21.5 Å². The normalized spacial score (nSPS) is 20.7. The van der Waals surface area contributed by atoms with Gasteiger partial charge in [0.1, 0.15) is 17.6 Å². The molecule has 1 N–H and O–H groups in total. The van der Waals surface area contributed by atoms with Crippen LogP contribution in [-0.4, -0.2) is 27.9 Å². The maximum Gasteiger partial charge on any atom is 0.301 e. The number of Topliss-reactive ketones (excluding diaryl/α,β-unsaturated/α-hetero) is 1. The third kappa shape index (κ3) is 3.80. The number of hydrogen-bond donors (Lipinski definition) is 1. The first-order chi connectivity index (χ1) is 17.3. The van der Waals surface area contributed by atoms with E-state index in [1.54, 1.807) is 30.3 Å². The molecule has 180 valence electrons. The molecule has 6 nitrogen and oxygen atoms in total. The fourth-order valence-corrected chi connectivity index (χ4v) is 6.42. The van der Waals surface area contributed by atoms with Gasteiger partial charge in [-0.25, -0.2) is 4.98 Å². The van der Waals surface area contributed by atoms with Crippen LogP contribution in [0.15, 0.2) is 70.7 Å². The summed E-state index contributed by atoms with van der Waals surface area (Å²) in [6.07, 6.45) is 0.742. The number of aliphatic hydroxyl groups is 1. The lowest BCUT2D eigenvalue weighted by atomic mass is 9.94. The Labute approximate surface area is 223 Å². The van der Waals surface area contributed by atoms with Crippen LogP contribution in [0.5, 0.6) is 5.75 Å². The molecule has 2 aliphatic heterocycles. The van der Waals surface area contributed by atoms with E-state index >= 15 is 0 Å². The number of amides is 1. The highest BCUT2D eigenvalue weighted by Gasteiger charge is 2.48. The molecule has 0 saturated carbocycles. The Morgan fingerprint density at radius 1 is 1.17 bits per heavy atom. The highest BCUT2D eigenvalue weighted by Crippen LogP contribution is 2.45. The second-order valence-corrected chi connectivity index (χ2v) is 11.1. The number of rotatable bonds is 3. The van der Waals surface area contributed by atoms with E-state index < -0.39 is 17.7 Å². The Bertz CT molecular complexity index is 1610. The molecule has 36 heavy (non-hydrogen) atoms. The van der Waals surface area contributed by atoms with Crippen LogP contribution in [0.4, 0.5) is 5.13 Å². The van der Waals surface area contributed by atoms with Gasteiger partial charge in [-0.15, -0.1) is 0 Å². The maximum atomic E-state index is 13.4. The molecule has 1 aromatic heterocycles. The lowest BCUT2D eigenvalue weighted by molar-refractivity contribution is -0.132. The van der Waals surface area contributed by atoms with Gasteiger partial charge in [-0.05, 0) is 66.6 Å². The van der Waals surface area contributed by atoms with Gasteiger partial charge in [-0.3, -0.25) is 14.5 Å². The number of carbonyl (C=O) groups excluding carboxylic acids is 2. The number of hydrogen-bond acceptors (Lipinski definition) is 6. The number of halogens is 2. The summed E-state index contributed by atoms with van der Waals surface area (Å²) >= 11 is 10.9. The van der Waals surface area contributed by atoms with Gasteiger partial charge in [0.25, 0.3) is 5.78 Å². The van der Waals surface area contributed by atoms with E-state index in [0.29, 0.717) is 33.2 Å². The highest BCUT2D eigenvalue weighted by atomic mass is 79.9. The number of fused-ring (bicyclic) bond motifs is 2. The summed E-state index contributed by atoms with van der Waals surface area (Å²) in [6, 6.07) is 17.1. The van der Waals surface area contributed by atoms with Crippen molar-refractivity contribution in [1.82, 2.24) is 4.98 Å². The minimum atomic E-state index is -0.859. The van der Waals surface area contributed by atoms with Crippen molar-refractivity contribution in [3.05, 3.63) is 92.4 Å². The fourth-order valence-electron chi connectivity index (χ4n) is 4.74. The zero-order valence-corrected chi connectivity index (χ0v) is 22.0. The number of benzene rings is 3. The molecule has 2 atom stereocenters. The molecule has 0 aliphatic carbocycles. The monoisotopic (exact) mass is 580 g/mol. The number of anilines is 1. The van der Waals surface area contributed by atoms with Crippen LogP contribution in [0.2, 0.25) is 5.02 Å². The van der Waals surface area contributed by atoms with Crippen molar-refractivity contribution in [3.8, 4) is 5.75 Å². The summed E-state index contributed by atoms with van der Waals surface area (Å²) in [5.41, 5.74) is 2.76. The Hall–Kier alpha value is -3.20. The van der Waals surface area contributed by atoms with Gasteiger partial charge in [-0.1, -0.05) is 51.0 Å². The zero-order chi connectivity index (χ0) is 25.1. The van der Waals surface area contributed by atoms with Gasteiger partial charge >= 0.3 is 5.91 Å². The standard InChI is InChI=1S/C27H18BrClN2O4S/c1-13-9-16-10-15(5-8-20(16)35-13)24(32)22-23(14-3-2-4-17(28)11-14)31(26(34)25(22)33)27-30-19-7-6-18(29)12-21(19)36-27/h2-8,10-13,23,32H,9H2,1H3/b24-22+. The van der Waals surface area contributed by atoms with Crippen molar-refractivity contribution in [2.24, 2.45) is 0 Å². The summed E-state index contributed by atoms with van der Waals surface area (Å²) in [5, 5.41) is 12.4. The number of carbonyl (C=O) groups is 2. The Kier molecular flexibility index (Phi) is 5.63. The molecule has 0 spiro atoms. The van der Waals surface area contributed by atoms with Gasteiger partial charge in [0.05, 0.1) is 21.8 Å². The zero-order valence-electron chi connectivity index (χ0n) is 18.9. The Morgan fingerprint density at radius 2 is 2.00 bits per heavy atom. The van der Waals surface area contributed by atoms with E-state index in [0.717, 1.165) is 20.5 Å². The second kappa shape index (κ2) is 8.73. The van der Waals surface area contributed by atoms with Gasteiger partial charge in [-0.2, -0.15) is 0 Å². The van der Waals surface area contributed by atoms with Crippen LogP contribution in [0.3, 0.4) is 0 Å². The van der Waals surface area contributed by atoms with Crippen molar-refractivity contribution in [3.63, 3.8) is 0 Å². The van der Waals surface area contributed by atoms with Crippen LogP contribution < -0.4 is 9.64 Å². The summed E-state index contributed by atoms with van der Waals surface area (Å²) in [7, 11) is 0. The molecule has 2 unspecified atom stereocenters. The number of ether oxygens (including phenoxy) is 1. The Balaban J connectivity index is 1.54. The molecule has 4 aromatic rings. The fraction of sp³-hybridized carbons (Fsp3) is 0.148. The molecule has 6 rings (SSSR count). The topological polar surface area (TPSA) is 79.7 Å². The SMILES string of the molecule is CC1Cc2cc(/C(O)=C3\C(=O)C(=O)N(c4nc5ccc(Cl)cc5s4)C3c3cccc(Br)c3)ccc2O1.